The van der Waals surface area contributed by atoms with Gasteiger partial charge < -0.3 is 28.0 Å². The van der Waals surface area contributed by atoms with Crippen LogP contribution < -0.4 is 9.47 Å². The van der Waals surface area contributed by atoms with E-state index in [1.165, 1.54) is 0 Å². The molecule has 0 spiro atoms. The maximum absolute atomic E-state index is 5.64. The average Bonchev–Trinajstić information content (AvgIpc) is 2.16. The van der Waals surface area contributed by atoms with Gasteiger partial charge >= 0.3 is 0 Å². The Kier molecular flexibility index (Phi) is 4.27. The molecule has 1 radical (unpaired) electrons. The van der Waals surface area contributed by atoms with Crippen LogP contribution in [-0.4, -0.2) is 12.7 Å². The Balaban J connectivity index is 0.000000980. The molecule has 1 unspecified atom stereocenters. The number of fused-ring (bicyclic) bond motifs is 1. The Morgan fingerprint density at radius 2 is 2.36 bits per heavy atom. The molecule has 0 fully saturated rings. The van der Waals surface area contributed by atoms with Crippen LogP contribution in [0.4, 0.5) is 0 Å². The summed E-state index contributed by atoms with van der Waals surface area (Å²) in [5.74, 6) is 1.47. The van der Waals surface area contributed by atoms with Crippen molar-refractivity contribution >= 4 is 0 Å². The molecule has 73 valence electrons. The fourth-order valence-corrected chi connectivity index (χ4v) is 1.29. The van der Waals surface area contributed by atoms with Crippen molar-refractivity contribution in [1.82, 2.24) is 0 Å². The van der Waals surface area contributed by atoms with Crippen LogP contribution in [0.1, 0.15) is 18.9 Å². The van der Waals surface area contributed by atoms with Crippen molar-refractivity contribution in [2.45, 2.75) is 19.4 Å². The van der Waals surface area contributed by atoms with Crippen LogP contribution in [0.15, 0.2) is 12.1 Å². The van der Waals surface area contributed by atoms with E-state index in [-0.39, 0.29) is 38.8 Å². The van der Waals surface area contributed by atoms with Crippen LogP contribution in [0, 0.1) is 13.0 Å². The number of benzene rings is 1. The minimum absolute atomic E-state index is 0. The zero-order valence-electron chi connectivity index (χ0n) is 8.25. The monoisotopic (exact) mass is 265 g/mol. The summed E-state index contributed by atoms with van der Waals surface area (Å²) in [4.78, 5) is 0. The fraction of sp³-hybridized carbons (Fsp3) is 0.364. The molecule has 1 atom stereocenters. The minimum atomic E-state index is 0. The average molecular weight is 265 g/mol. The Bertz CT molecular complexity index is 312. The first-order chi connectivity index (χ1) is 6.29. The summed E-state index contributed by atoms with van der Waals surface area (Å²) in [7, 11) is 0. The molecule has 0 amide bonds. The van der Waals surface area contributed by atoms with Gasteiger partial charge in [0.1, 0.15) is 18.5 Å². The zero-order chi connectivity index (χ0) is 9.26. The van der Waals surface area contributed by atoms with Crippen molar-refractivity contribution < 1.29 is 42.2 Å². The van der Waals surface area contributed by atoms with Gasteiger partial charge in [0.15, 0.2) is 0 Å². The summed E-state index contributed by atoms with van der Waals surface area (Å²) < 4.78 is 11.1. The predicted molar refractivity (Wildman–Crippen MR) is 49.9 cm³/mol. The molecule has 0 N–H and O–H groups in total. The first kappa shape index (κ1) is 11.9. The van der Waals surface area contributed by atoms with Crippen molar-refractivity contribution in [1.29, 1.82) is 0 Å². The molecule has 1 heterocycles. The van der Waals surface area contributed by atoms with Crippen LogP contribution in [0.3, 0.4) is 0 Å². The second kappa shape index (κ2) is 5.04. The van der Waals surface area contributed by atoms with Gasteiger partial charge in [0.2, 0.25) is 0 Å². The van der Waals surface area contributed by atoms with E-state index in [9.17, 15) is 0 Å². The third-order valence-corrected chi connectivity index (χ3v) is 2.10. The van der Waals surface area contributed by atoms with E-state index in [1.54, 1.807) is 0 Å². The summed E-state index contributed by atoms with van der Waals surface area (Å²) in [6.45, 7) is 6.50. The first-order valence-corrected chi connectivity index (χ1v) is 4.47. The molecule has 0 saturated carbocycles. The van der Waals surface area contributed by atoms with Gasteiger partial charge in [0.25, 0.3) is 0 Å². The van der Waals surface area contributed by atoms with E-state index in [1.807, 2.05) is 12.1 Å². The molecule has 0 aromatic heterocycles. The number of rotatable bonds is 1. The Morgan fingerprint density at radius 3 is 3.07 bits per heavy atom. The molecule has 14 heavy (non-hydrogen) atoms. The molecule has 0 bridgehead atoms. The summed E-state index contributed by atoms with van der Waals surface area (Å²) in [5, 5.41) is 0. The molecule has 2 rings (SSSR count). The normalized spacial score (nSPS) is 18.5. The van der Waals surface area contributed by atoms with Gasteiger partial charge in [-0.05, 0) is 6.42 Å². The quantitative estimate of drug-likeness (QED) is 0.725. The molecular formula is C11H12O2Y-2. The van der Waals surface area contributed by atoms with Gasteiger partial charge in [-0.1, -0.05) is 6.92 Å². The molecule has 0 aliphatic carbocycles. The number of ether oxygens (including phenoxy) is 2. The minimum Gasteiger partial charge on any atom is -0.509 e. The van der Waals surface area contributed by atoms with Crippen LogP contribution in [0.5, 0.6) is 11.5 Å². The molecular weight excluding hydrogens is 253 g/mol. The SMILES string of the molecule is [CH2-]c1[c-]c2c(cc1)OCC(CC)O2.[Y]. The predicted octanol–water partition coefficient (Wildman–Crippen LogP) is 2.22. The zero-order valence-corrected chi connectivity index (χ0v) is 11.1. The largest absolute Gasteiger partial charge is 0.509 e. The standard InChI is InChI=1S/C11H12O2.Y/c1-3-9-7-12-10-5-4-8(2)6-11(10)13-9;/h4-5,9H,2-3,7H2,1H3;/q-2;. The molecule has 2 nitrogen and oxygen atoms in total. The number of hydrogen-bond donors (Lipinski definition) is 0. The van der Waals surface area contributed by atoms with Gasteiger partial charge in [-0.15, -0.1) is 6.07 Å². The van der Waals surface area contributed by atoms with Crippen molar-refractivity contribution in [3.8, 4) is 11.5 Å². The van der Waals surface area contributed by atoms with Crippen molar-refractivity contribution in [3.63, 3.8) is 0 Å². The van der Waals surface area contributed by atoms with Gasteiger partial charge in [-0.2, -0.15) is 0 Å². The van der Waals surface area contributed by atoms with E-state index < -0.39 is 0 Å². The summed E-state index contributed by atoms with van der Waals surface area (Å²) in [6, 6.07) is 6.78. The maximum Gasteiger partial charge on any atom is 0.129 e. The summed E-state index contributed by atoms with van der Waals surface area (Å²) in [5.41, 5.74) is 0.833. The molecule has 1 aromatic rings. The van der Waals surface area contributed by atoms with Gasteiger partial charge in [-0.3, -0.25) is 6.07 Å². The third kappa shape index (κ3) is 2.43. The van der Waals surface area contributed by atoms with Crippen LogP contribution >= 0.6 is 0 Å². The summed E-state index contributed by atoms with van der Waals surface area (Å²) in [6.07, 6.45) is 1.11. The third-order valence-electron chi connectivity index (χ3n) is 2.10. The second-order valence-corrected chi connectivity index (χ2v) is 3.14. The summed E-state index contributed by atoms with van der Waals surface area (Å²) >= 11 is 0. The van der Waals surface area contributed by atoms with Crippen molar-refractivity contribution in [2.75, 3.05) is 6.61 Å². The smallest absolute Gasteiger partial charge is 0.129 e. The second-order valence-electron chi connectivity index (χ2n) is 3.14. The van der Waals surface area contributed by atoms with Crippen molar-refractivity contribution in [3.05, 3.63) is 30.7 Å². The van der Waals surface area contributed by atoms with E-state index in [0.717, 1.165) is 17.7 Å². The van der Waals surface area contributed by atoms with E-state index >= 15 is 0 Å². The first-order valence-electron chi connectivity index (χ1n) is 4.47. The van der Waals surface area contributed by atoms with Crippen LogP contribution in [0.25, 0.3) is 0 Å². The molecule has 0 saturated heterocycles. The Morgan fingerprint density at radius 1 is 1.57 bits per heavy atom. The fourth-order valence-electron chi connectivity index (χ4n) is 1.29. The van der Waals surface area contributed by atoms with Gasteiger partial charge in [0.05, 0.1) is 0 Å². The topological polar surface area (TPSA) is 18.5 Å². The molecule has 1 aliphatic rings. The van der Waals surface area contributed by atoms with Gasteiger partial charge in [0, 0.05) is 38.5 Å². The number of hydrogen-bond acceptors (Lipinski definition) is 2. The Labute approximate surface area is 110 Å². The van der Waals surface area contributed by atoms with E-state index in [4.69, 9.17) is 9.47 Å². The van der Waals surface area contributed by atoms with Crippen molar-refractivity contribution in [2.24, 2.45) is 0 Å². The van der Waals surface area contributed by atoms with E-state index in [0.29, 0.717) is 12.4 Å². The van der Waals surface area contributed by atoms with E-state index in [2.05, 4.69) is 19.9 Å². The molecule has 1 aromatic carbocycles. The van der Waals surface area contributed by atoms with Crippen LogP contribution in [0.2, 0.25) is 0 Å². The Hall–Kier alpha value is -0.206. The maximum atomic E-state index is 5.64. The molecule has 1 aliphatic heterocycles. The molecule has 3 heteroatoms. The van der Waals surface area contributed by atoms with Gasteiger partial charge in [-0.25, -0.2) is 0 Å². The van der Waals surface area contributed by atoms with Crippen LogP contribution in [-0.2, 0) is 32.7 Å².